The summed E-state index contributed by atoms with van der Waals surface area (Å²) in [5.74, 6) is 0. The molecule has 0 saturated heterocycles. The molecule has 0 aromatic rings. The Bertz CT molecular complexity index is 128. The van der Waals surface area contributed by atoms with E-state index in [-0.39, 0.29) is 0 Å². The van der Waals surface area contributed by atoms with Crippen LogP contribution in [-0.2, 0) is 0 Å². The fourth-order valence-corrected chi connectivity index (χ4v) is 1.82. The van der Waals surface area contributed by atoms with Crippen LogP contribution < -0.4 is 0 Å². The van der Waals surface area contributed by atoms with Crippen LogP contribution in [0.25, 0.3) is 0 Å². The summed E-state index contributed by atoms with van der Waals surface area (Å²) in [7, 11) is 0. The summed E-state index contributed by atoms with van der Waals surface area (Å²) in [6.07, 6.45) is 1.27. The molecule has 0 bridgehead atoms. The highest BCUT2D eigenvalue weighted by Crippen LogP contribution is 2.55. The molecule has 8 heavy (non-hydrogen) atoms. The van der Waals surface area contributed by atoms with Crippen LogP contribution >= 0.6 is 15.9 Å². The summed E-state index contributed by atoms with van der Waals surface area (Å²) in [6.45, 7) is 8.25. The molecule has 1 saturated carbocycles. The maximum absolute atomic E-state index is 3.91. The Hall–Kier alpha value is 0.220. The van der Waals surface area contributed by atoms with Crippen molar-refractivity contribution in [2.45, 2.75) is 25.1 Å². The van der Waals surface area contributed by atoms with E-state index >= 15 is 0 Å². The minimum Gasteiger partial charge on any atom is -0.0995 e. The smallest absolute Gasteiger partial charge is 0.0245 e. The second-order valence-corrected chi connectivity index (χ2v) is 3.97. The van der Waals surface area contributed by atoms with Gasteiger partial charge in [-0.1, -0.05) is 35.0 Å². The van der Waals surface area contributed by atoms with Gasteiger partial charge < -0.3 is 0 Å². The lowest BCUT2D eigenvalue weighted by Crippen LogP contribution is -1.96. The van der Waals surface area contributed by atoms with E-state index < -0.39 is 0 Å². The first-order valence-electron chi connectivity index (χ1n) is 2.87. The predicted molar refractivity (Wildman–Crippen MR) is 40.3 cm³/mol. The van der Waals surface area contributed by atoms with Gasteiger partial charge in [0.25, 0.3) is 0 Å². The van der Waals surface area contributed by atoms with E-state index in [1.807, 2.05) is 0 Å². The number of hydrogen-bond acceptors (Lipinski definition) is 0. The van der Waals surface area contributed by atoms with E-state index in [9.17, 15) is 0 Å². The van der Waals surface area contributed by atoms with E-state index in [2.05, 4.69) is 36.4 Å². The average Bonchev–Trinajstić information content (AvgIpc) is 2.17. The lowest BCUT2D eigenvalue weighted by atomic mass is 10.0. The van der Waals surface area contributed by atoms with Crippen LogP contribution in [0.4, 0.5) is 0 Å². The van der Waals surface area contributed by atoms with Crippen molar-refractivity contribution >= 4 is 15.9 Å². The molecule has 0 radical (unpaired) electrons. The minimum atomic E-state index is 0.431. The Morgan fingerprint density at radius 2 is 2.25 bits per heavy atom. The molecule has 1 heteroatoms. The van der Waals surface area contributed by atoms with Gasteiger partial charge >= 0.3 is 0 Å². The molecular weight excluding hydrogens is 164 g/mol. The molecule has 0 aliphatic heterocycles. The van der Waals surface area contributed by atoms with Crippen molar-refractivity contribution < 1.29 is 0 Å². The molecule has 0 heterocycles. The molecule has 46 valence electrons. The molecule has 1 rings (SSSR count). The van der Waals surface area contributed by atoms with Gasteiger partial charge in [-0.15, -0.1) is 0 Å². The maximum atomic E-state index is 3.91. The largest absolute Gasteiger partial charge is 0.0995 e. The van der Waals surface area contributed by atoms with Crippen molar-refractivity contribution in [2.75, 3.05) is 0 Å². The monoisotopic (exact) mass is 174 g/mol. The Labute approximate surface area is 59.1 Å². The summed E-state index contributed by atoms with van der Waals surface area (Å²) >= 11 is 3.54. The van der Waals surface area contributed by atoms with Crippen LogP contribution in [0, 0.1) is 5.41 Å². The highest BCUT2D eigenvalue weighted by atomic mass is 79.9. The second-order valence-electron chi connectivity index (χ2n) is 2.87. The molecule has 0 aromatic heterocycles. The Balaban J connectivity index is 2.60. The van der Waals surface area contributed by atoms with Crippen LogP contribution in [0.3, 0.4) is 0 Å². The molecule has 0 aromatic carbocycles. The Morgan fingerprint density at radius 3 is 2.25 bits per heavy atom. The van der Waals surface area contributed by atoms with Gasteiger partial charge in [0.2, 0.25) is 0 Å². The van der Waals surface area contributed by atoms with Crippen molar-refractivity contribution in [3.05, 3.63) is 12.2 Å². The van der Waals surface area contributed by atoms with Gasteiger partial charge in [0.1, 0.15) is 0 Å². The van der Waals surface area contributed by atoms with Gasteiger partial charge in [0.15, 0.2) is 0 Å². The lowest BCUT2D eigenvalue weighted by Gasteiger charge is -2.05. The Morgan fingerprint density at radius 1 is 1.88 bits per heavy atom. The first-order chi connectivity index (χ1) is 3.57. The van der Waals surface area contributed by atoms with Crippen molar-refractivity contribution in [3.8, 4) is 0 Å². The molecule has 2 atom stereocenters. The SMILES string of the molecule is C=C(C)[C@]1(C)C[C@@H]1Br. The molecule has 1 aliphatic carbocycles. The fourth-order valence-electron chi connectivity index (χ4n) is 0.755. The van der Waals surface area contributed by atoms with Gasteiger partial charge in [-0.3, -0.25) is 0 Å². The van der Waals surface area contributed by atoms with Gasteiger partial charge in [-0.2, -0.15) is 0 Å². The zero-order valence-corrected chi connectivity index (χ0v) is 6.96. The number of allylic oxidation sites excluding steroid dienone is 1. The zero-order chi connectivity index (χ0) is 6.36. The molecule has 0 spiro atoms. The zero-order valence-electron chi connectivity index (χ0n) is 5.37. The van der Waals surface area contributed by atoms with Crippen molar-refractivity contribution in [1.82, 2.24) is 0 Å². The van der Waals surface area contributed by atoms with Crippen molar-refractivity contribution in [3.63, 3.8) is 0 Å². The van der Waals surface area contributed by atoms with Crippen LogP contribution in [0.15, 0.2) is 12.2 Å². The number of rotatable bonds is 1. The van der Waals surface area contributed by atoms with Gasteiger partial charge in [-0.05, 0) is 13.3 Å². The standard InChI is InChI=1S/C7H11Br/c1-5(2)7(3)4-6(7)8/h6H,1,4H2,2-3H3/t6-,7-/m0/s1. The molecule has 0 N–H and O–H groups in total. The quantitative estimate of drug-likeness (QED) is 0.424. The first kappa shape index (κ1) is 6.34. The van der Waals surface area contributed by atoms with Crippen LogP contribution in [-0.4, -0.2) is 4.83 Å². The van der Waals surface area contributed by atoms with Crippen molar-refractivity contribution in [1.29, 1.82) is 0 Å². The molecular formula is C7H11Br. The first-order valence-corrected chi connectivity index (χ1v) is 3.79. The lowest BCUT2D eigenvalue weighted by molar-refractivity contribution is 0.699. The molecule has 1 aliphatic rings. The van der Waals surface area contributed by atoms with Crippen LogP contribution in [0.5, 0.6) is 0 Å². The third kappa shape index (κ3) is 0.732. The van der Waals surface area contributed by atoms with E-state index in [0.717, 1.165) is 0 Å². The normalized spacial score (nSPS) is 44.1. The number of alkyl halides is 1. The van der Waals surface area contributed by atoms with Gasteiger partial charge in [0, 0.05) is 10.2 Å². The molecule has 1 fully saturated rings. The van der Waals surface area contributed by atoms with Gasteiger partial charge in [0.05, 0.1) is 0 Å². The van der Waals surface area contributed by atoms with Crippen LogP contribution in [0.2, 0.25) is 0 Å². The number of hydrogen-bond donors (Lipinski definition) is 0. The van der Waals surface area contributed by atoms with E-state index in [1.54, 1.807) is 0 Å². The van der Waals surface area contributed by atoms with E-state index in [1.165, 1.54) is 12.0 Å². The minimum absolute atomic E-state index is 0.431. The predicted octanol–water partition coefficient (Wildman–Crippen LogP) is 2.74. The average molecular weight is 175 g/mol. The van der Waals surface area contributed by atoms with Crippen molar-refractivity contribution in [2.24, 2.45) is 5.41 Å². The van der Waals surface area contributed by atoms with Crippen LogP contribution in [0.1, 0.15) is 20.3 Å². The summed E-state index contributed by atoms with van der Waals surface area (Å²) in [4.78, 5) is 0.701. The summed E-state index contributed by atoms with van der Waals surface area (Å²) < 4.78 is 0. The highest BCUT2D eigenvalue weighted by Gasteiger charge is 2.48. The molecule has 0 amide bonds. The van der Waals surface area contributed by atoms with E-state index in [4.69, 9.17) is 0 Å². The second kappa shape index (κ2) is 1.60. The summed E-state index contributed by atoms with van der Waals surface area (Å²) in [6, 6.07) is 0. The molecule has 0 unspecified atom stereocenters. The highest BCUT2D eigenvalue weighted by molar-refractivity contribution is 9.09. The maximum Gasteiger partial charge on any atom is 0.0245 e. The molecule has 0 nitrogen and oxygen atoms in total. The summed E-state index contributed by atoms with van der Waals surface area (Å²) in [5.41, 5.74) is 1.74. The Kier molecular flexibility index (Phi) is 1.27. The fraction of sp³-hybridized carbons (Fsp3) is 0.714. The number of halogens is 1. The topological polar surface area (TPSA) is 0 Å². The third-order valence-corrected chi connectivity index (χ3v) is 3.44. The third-order valence-electron chi connectivity index (χ3n) is 2.11. The van der Waals surface area contributed by atoms with E-state index in [0.29, 0.717) is 10.2 Å². The van der Waals surface area contributed by atoms with Gasteiger partial charge in [-0.25, -0.2) is 0 Å². The summed E-state index contributed by atoms with van der Waals surface area (Å²) in [5, 5.41) is 0.